The Labute approximate surface area is 184 Å². The lowest BCUT2D eigenvalue weighted by Gasteiger charge is -2.12. The van der Waals surface area contributed by atoms with Gasteiger partial charge in [-0.2, -0.15) is 0 Å². The number of carbonyl (C=O) groups is 2. The molecule has 0 saturated carbocycles. The van der Waals surface area contributed by atoms with Crippen LogP contribution >= 0.6 is 0 Å². The Bertz CT molecular complexity index is 1280. The molecule has 0 aliphatic rings. The van der Waals surface area contributed by atoms with Crippen LogP contribution < -0.4 is 20.1 Å². The number of anilines is 2. The molecule has 7 heteroatoms. The molecule has 0 atom stereocenters. The fraction of sp³-hybridized carbons (Fsp3) is 0.120. The number of furan rings is 1. The number of ether oxygens (including phenoxy) is 2. The smallest absolute Gasteiger partial charge is 0.293 e. The Morgan fingerprint density at radius 1 is 0.844 bits per heavy atom. The molecule has 7 nitrogen and oxygen atoms in total. The number of rotatable bonds is 7. The standard InChI is InChI=1S/C25H22N2O5/c1-3-31-19-13-7-5-11-17(19)24(28)27-22-16-10-4-8-14-20(16)32-23(22)25(29)26-18-12-6-9-15-21(18)30-2/h4-15H,3H2,1-2H3,(H,26,29)(H,27,28). The molecular formula is C25H22N2O5. The average Bonchev–Trinajstić information content (AvgIpc) is 3.18. The molecule has 1 heterocycles. The number of amides is 2. The number of benzene rings is 3. The number of methoxy groups -OCH3 is 1. The number of para-hydroxylation sites is 4. The summed E-state index contributed by atoms with van der Waals surface area (Å²) in [6.07, 6.45) is 0. The number of nitrogens with one attached hydrogen (secondary N) is 2. The van der Waals surface area contributed by atoms with Gasteiger partial charge in [0.25, 0.3) is 11.8 Å². The van der Waals surface area contributed by atoms with Crippen molar-refractivity contribution in [2.45, 2.75) is 6.92 Å². The van der Waals surface area contributed by atoms with Crippen LogP contribution in [0.5, 0.6) is 11.5 Å². The summed E-state index contributed by atoms with van der Waals surface area (Å²) in [5.74, 6) is 0.0268. The van der Waals surface area contributed by atoms with Crippen LogP contribution in [0.2, 0.25) is 0 Å². The van der Waals surface area contributed by atoms with E-state index in [1.54, 1.807) is 66.7 Å². The van der Waals surface area contributed by atoms with Crippen LogP contribution in [-0.2, 0) is 0 Å². The highest BCUT2D eigenvalue weighted by molar-refractivity contribution is 6.17. The third-order valence-corrected chi connectivity index (χ3v) is 4.83. The van der Waals surface area contributed by atoms with Gasteiger partial charge in [-0.1, -0.05) is 36.4 Å². The summed E-state index contributed by atoms with van der Waals surface area (Å²) < 4.78 is 16.7. The summed E-state index contributed by atoms with van der Waals surface area (Å²) in [5, 5.41) is 6.24. The van der Waals surface area contributed by atoms with Crippen LogP contribution in [0.3, 0.4) is 0 Å². The van der Waals surface area contributed by atoms with Crippen LogP contribution in [0.1, 0.15) is 27.8 Å². The van der Waals surface area contributed by atoms with E-state index in [-0.39, 0.29) is 11.4 Å². The zero-order chi connectivity index (χ0) is 22.5. The lowest BCUT2D eigenvalue weighted by atomic mass is 10.1. The van der Waals surface area contributed by atoms with Gasteiger partial charge in [0.1, 0.15) is 22.8 Å². The zero-order valence-corrected chi connectivity index (χ0v) is 17.7. The van der Waals surface area contributed by atoms with Gasteiger partial charge < -0.3 is 24.5 Å². The maximum absolute atomic E-state index is 13.1. The lowest BCUT2D eigenvalue weighted by molar-refractivity contribution is 0.0999. The molecule has 0 spiro atoms. The third-order valence-electron chi connectivity index (χ3n) is 4.83. The highest BCUT2D eigenvalue weighted by atomic mass is 16.5. The van der Waals surface area contributed by atoms with Crippen molar-refractivity contribution in [2.24, 2.45) is 0 Å². The molecule has 1 aromatic heterocycles. The SMILES string of the molecule is CCOc1ccccc1C(=O)Nc1c(C(=O)Nc2ccccc2OC)oc2ccccc12. The minimum atomic E-state index is -0.515. The van der Waals surface area contributed by atoms with E-state index in [1.807, 2.05) is 13.0 Å². The summed E-state index contributed by atoms with van der Waals surface area (Å²) in [5.41, 5.74) is 1.60. The second kappa shape index (κ2) is 9.26. The monoisotopic (exact) mass is 430 g/mol. The van der Waals surface area contributed by atoms with Gasteiger partial charge in [-0.25, -0.2) is 0 Å². The van der Waals surface area contributed by atoms with Crippen molar-refractivity contribution < 1.29 is 23.5 Å². The number of hydrogen-bond donors (Lipinski definition) is 2. The summed E-state index contributed by atoms with van der Waals surface area (Å²) in [6, 6.07) is 21.1. The molecule has 162 valence electrons. The van der Waals surface area contributed by atoms with E-state index in [0.717, 1.165) is 0 Å². The van der Waals surface area contributed by atoms with Crippen LogP contribution in [0, 0.1) is 0 Å². The predicted molar refractivity (Wildman–Crippen MR) is 123 cm³/mol. The van der Waals surface area contributed by atoms with Gasteiger partial charge in [0.15, 0.2) is 0 Å². The van der Waals surface area contributed by atoms with E-state index in [4.69, 9.17) is 13.9 Å². The van der Waals surface area contributed by atoms with Crippen molar-refractivity contribution in [2.75, 3.05) is 24.4 Å². The second-order valence-corrected chi connectivity index (χ2v) is 6.84. The van der Waals surface area contributed by atoms with Crippen molar-refractivity contribution in [1.82, 2.24) is 0 Å². The first-order chi connectivity index (χ1) is 15.6. The lowest BCUT2D eigenvalue weighted by Crippen LogP contribution is -2.18. The van der Waals surface area contributed by atoms with Crippen LogP contribution in [0.25, 0.3) is 11.0 Å². The van der Waals surface area contributed by atoms with Gasteiger partial charge in [-0.05, 0) is 43.3 Å². The number of carbonyl (C=O) groups excluding carboxylic acids is 2. The molecule has 0 radical (unpaired) electrons. The molecule has 0 unspecified atom stereocenters. The van der Waals surface area contributed by atoms with Crippen molar-refractivity contribution >= 4 is 34.2 Å². The van der Waals surface area contributed by atoms with Crippen molar-refractivity contribution in [3.8, 4) is 11.5 Å². The quantitative estimate of drug-likeness (QED) is 0.413. The maximum Gasteiger partial charge on any atom is 0.293 e. The van der Waals surface area contributed by atoms with E-state index in [2.05, 4.69) is 10.6 Å². The Morgan fingerprint density at radius 3 is 2.31 bits per heavy atom. The van der Waals surface area contributed by atoms with Gasteiger partial charge >= 0.3 is 0 Å². The molecule has 3 aromatic carbocycles. The van der Waals surface area contributed by atoms with Gasteiger partial charge in [0, 0.05) is 5.39 Å². The van der Waals surface area contributed by atoms with E-state index in [1.165, 1.54) is 7.11 Å². The molecule has 0 bridgehead atoms. The summed E-state index contributed by atoms with van der Waals surface area (Å²) in [6.45, 7) is 2.27. The van der Waals surface area contributed by atoms with Crippen LogP contribution in [0.4, 0.5) is 11.4 Å². The Morgan fingerprint density at radius 2 is 1.53 bits per heavy atom. The molecule has 32 heavy (non-hydrogen) atoms. The topological polar surface area (TPSA) is 89.8 Å². The normalized spacial score (nSPS) is 10.6. The van der Waals surface area contributed by atoms with Crippen molar-refractivity contribution in [3.05, 3.63) is 84.1 Å². The zero-order valence-electron chi connectivity index (χ0n) is 17.7. The molecule has 0 saturated heterocycles. The predicted octanol–water partition coefficient (Wildman–Crippen LogP) is 5.34. The molecule has 2 N–H and O–H groups in total. The van der Waals surface area contributed by atoms with Gasteiger partial charge in [-0.3, -0.25) is 9.59 Å². The van der Waals surface area contributed by atoms with Crippen LogP contribution in [-0.4, -0.2) is 25.5 Å². The molecule has 4 rings (SSSR count). The van der Waals surface area contributed by atoms with E-state index < -0.39 is 11.8 Å². The van der Waals surface area contributed by atoms with Crippen LogP contribution in [0.15, 0.2) is 77.2 Å². The Hall–Kier alpha value is -4.26. The Kier molecular flexibility index (Phi) is 6.07. The molecule has 0 fully saturated rings. The largest absolute Gasteiger partial charge is 0.495 e. The van der Waals surface area contributed by atoms with Gasteiger partial charge in [0.05, 0.1) is 25.0 Å². The highest BCUT2D eigenvalue weighted by Crippen LogP contribution is 2.33. The van der Waals surface area contributed by atoms with E-state index in [9.17, 15) is 9.59 Å². The first-order valence-electron chi connectivity index (χ1n) is 10.1. The minimum absolute atomic E-state index is 0.0145. The molecular weight excluding hydrogens is 408 g/mol. The minimum Gasteiger partial charge on any atom is -0.495 e. The summed E-state index contributed by atoms with van der Waals surface area (Å²) >= 11 is 0. The third kappa shape index (κ3) is 4.13. The molecule has 4 aromatic rings. The summed E-state index contributed by atoms with van der Waals surface area (Å²) in [7, 11) is 1.52. The number of hydrogen-bond acceptors (Lipinski definition) is 5. The fourth-order valence-corrected chi connectivity index (χ4v) is 3.37. The van der Waals surface area contributed by atoms with Gasteiger partial charge in [0.2, 0.25) is 5.76 Å². The van der Waals surface area contributed by atoms with Gasteiger partial charge in [-0.15, -0.1) is 0 Å². The second-order valence-electron chi connectivity index (χ2n) is 6.84. The molecule has 0 aliphatic heterocycles. The summed E-state index contributed by atoms with van der Waals surface area (Å²) in [4.78, 5) is 26.2. The van der Waals surface area contributed by atoms with E-state index >= 15 is 0 Å². The Balaban J connectivity index is 1.71. The first-order valence-corrected chi connectivity index (χ1v) is 10.1. The fourth-order valence-electron chi connectivity index (χ4n) is 3.37. The average molecular weight is 430 g/mol. The molecule has 2 amide bonds. The maximum atomic E-state index is 13.1. The highest BCUT2D eigenvalue weighted by Gasteiger charge is 2.24. The number of fused-ring (bicyclic) bond motifs is 1. The van der Waals surface area contributed by atoms with Crippen molar-refractivity contribution in [1.29, 1.82) is 0 Å². The first kappa shape index (κ1) is 21.0. The van der Waals surface area contributed by atoms with Crippen molar-refractivity contribution in [3.63, 3.8) is 0 Å². The molecule has 0 aliphatic carbocycles. The van der Waals surface area contributed by atoms with E-state index in [0.29, 0.717) is 40.3 Å².